The number of rotatable bonds is 6. The van der Waals surface area contributed by atoms with Crippen molar-refractivity contribution in [2.45, 2.75) is 23.6 Å². The van der Waals surface area contributed by atoms with Crippen LogP contribution >= 0.6 is 11.6 Å². The van der Waals surface area contributed by atoms with Gasteiger partial charge in [0.25, 0.3) is 15.9 Å². The van der Waals surface area contributed by atoms with Gasteiger partial charge in [-0.05, 0) is 30.7 Å². The number of fused-ring (bicyclic) bond motifs is 1. The van der Waals surface area contributed by atoms with Crippen molar-refractivity contribution in [1.29, 1.82) is 0 Å². The molecule has 7 nitrogen and oxygen atoms in total. The number of alkyl halides is 3. The van der Waals surface area contributed by atoms with Gasteiger partial charge in [0.1, 0.15) is 4.90 Å². The van der Waals surface area contributed by atoms with Gasteiger partial charge in [0.05, 0.1) is 22.7 Å². The molecule has 0 spiro atoms. The van der Waals surface area contributed by atoms with Gasteiger partial charge >= 0.3 is 6.18 Å². The fourth-order valence-electron chi connectivity index (χ4n) is 3.32. The second-order valence-corrected chi connectivity index (χ2v) is 9.16. The smallest absolute Gasteiger partial charge is 0.425 e. The predicted octanol–water partition coefficient (Wildman–Crippen LogP) is 4.43. The number of benzene rings is 2. The second kappa shape index (κ2) is 8.72. The van der Waals surface area contributed by atoms with Crippen molar-refractivity contribution >= 4 is 38.5 Å². The van der Waals surface area contributed by atoms with Gasteiger partial charge in [-0.25, -0.2) is 18.4 Å². The summed E-state index contributed by atoms with van der Waals surface area (Å²) in [6.45, 7) is 0.0435. The van der Waals surface area contributed by atoms with E-state index in [1.165, 1.54) is 24.3 Å². The molecule has 3 aromatic rings. The summed E-state index contributed by atoms with van der Waals surface area (Å²) in [5.41, 5.74) is 0.510. The van der Waals surface area contributed by atoms with Crippen LogP contribution in [0.15, 0.2) is 53.4 Å². The minimum absolute atomic E-state index is 0.0625. The van der Waals surface area contributed by atoms with Crippen LogP contribution in [-0.4, -0.2) is 43.9 Å². The van der Waals surface area contributed by atoms with E-state index >= 15 is 0 Å². The van der Waals surface area contributed by atoms with E-state index in [4.69, 9.17) is 21.1 Å². The van der Waals surface area contributed by atoms with Crippen molar-refractivity contribution in [1.82, 2.24) is 9.97 Å². The van der Waals surface area contributed by atoms with Gasteiger partial charge in [0.15, 0.2) is 0 Å². The number of aromatic nitrogens is 2. The first-order valence-corrected chi connectivity index (χ1v) is 11.4. The molecule has 1 N–H and O–H groups in total. The third-order valence-electron chi connectivity index (χ3n) is 4.85. The van der Waals surface area contributed by atoms with Gasteiger partial charge in [-0.1, -0.05) is 35.9 Å². The maximum atomic E-state index is 13.8. The molecule has 1 fully saturated rings. The molecule has 170 valence electrons. The summed E-state index contributed by atoms with van der Waals surface area (Å²) < 4.78 is 79.6. The molecule has 12 heteroatoms. The van der Waals surface area contributed by atoms with Crippen LogP contribution in [0.2, 0.25) is 5.02 Å². The number of nitrogens with zero attached hydrogens (tertiary/aromatic N) is 2. The van der Waals surface area contributed by atoms with E-state index < -0.39 is 39.9 Å². The van der Waals surface area contributed by atoms with Crippen molar-refractivity contribution in [3.8, 4) is 5.88 Å². The van der Waals surface area contributed by atoms with Gasteiger partial charge in [-0.2, -0.15) is 13.2 Å². The van der Waals surface area contributed by atoms with Crippen LogP contribution in [-0.2, 0) is 14.8 Å². The second-order valence-electron chi connectivity index (χ2n) is 7.11. The minimum Gasteiger partial charge on any atom is -0.462 e. The van der Waals surface area contributed by atoms with Crippen molar-refractivity contribution in [3.63, 3.8) is 0 Å². The molecular weight excluding hydrogens is 471 g/mol. The van der Waals surface area contributed by atoms with Crippen molar-refractivity contribution in [3.05, 3.63) is 53.6 Å². The van der Waals surface area contributed by atoms with Crippen LogP contribution in [0.3, 0.4) is 0 Å². The zero-order valence-corrected chi connectivity index (χ0v) is 17.9. The van der Waals surface area contributed by atoms with Crippen LogP contribution in [0.5, 0.6) is 5.88 Å². The molecule has 0 radical (unpaired) electrons. The molecule has 1 aliphatic heterocycles. The molecule has 1 aromatic heterocycles. The Balaban J connectivity index is 1.78. The van der Waals surface area contributed by atoms with Gasteiger partial charge < -0.3 is 9.47 Å². The summed E-state index contributed by atoms with van der Waals surface area (Å²) in [6.07, 6.45) is -6.83. The average Bonchev–Trinajstić information content (AvgIpc) is 3.25. The summed E-state index contributed by atoms with van der Waals surface area (Å²) in [6, 6.07) is 12.0. The fraction of sp³-hybridized carbons (Fsp3) is 0.300. The van der Waals surface area contributed by atoms with Crippen molar-refractivity contribution in [2.75, 3.05) is 17.9 Å². The van der Waals surface area contributed by atoms with E-state index in [1.54, 1.807) is 24.3 Å². The Bertz CT molecular complexity index is 1230. The van der Waals surface area contributed by atoms with E-state index in [9.17, 15) is 21.6 Å². The molecule has 2 heterocycles. The molecule has 1 saturated heterocycles. The third-order valence-corrected chi connectivity index (χ3v) is 6.69. The number of para-hydroxylation sites is 2. The lowest BCUT2D eigenvalue weighted by Gasteiger charge is -2.26. The highest BCUT2D eigenvalue weighted by Crippen LogP contribution is 2.36. The topological polar surface area (TPSA) is 90.4 Å². The Morgan fingerprint density at radius 1 is 1.09 bits per heavy atom. The van der Waals surface area contributed by atoms with Crippen LogP contribution in [0.25, 0.3) is 11.0 Å². The number of hydrogen-bond donors (Lipinski definition) is 1. The largest absolute Gasteiger partial charge is 0.462 e. The van der Waals surface area contributed by atoms with E-state index in [0.29, 0.717) is 0 Å². The molecule has 0 amide bonds. The maximum Gasteiger partial charge on any atom is 0.425 e. The zero-order valence-electron chi connectivity index (χ0n) is 16.3. The Hall–Kier alpha value is -2.63. The number of ether oxygens (including phenoxy) is 2. The third kappa shape index (κ3) is 4.74. The van der Waals surface area contributed by atoms with E-state index in [2.05, 4.69) is 14.7 Å². The highest BCUT2D eigenvalue weighted by Gasteiger charge is 2.48. The Morgan fingerprint density at radius 2 is 1.75 bits per heavy atom. The van der Waals surface area contributed by atoms with Gasteiger partial charge in [0, 0.05) is 12.5 Å². The maximum absolute atomic E-state index is 13.8. The molecule has 32 heavy (non-hydrogen) atoms. The first kappa shape index (κ1) is 22.6. The number of hydrogen-bond acceptors (Lipinski definition) is 6. The number of anilines is 1. The quantitative estimate of drug-likeness (QED) is 0.553. The van der Waals surface area contributed by atoms with Gasteiger partial charge in [-0.15, -0.1) is 0 Å². The van der Waals surface area contributed by atoms with Gasteiger partial charge in [0.2, 0.25) is 11.9 Å². The van der Waals surface area contributed by atoms with Crippen molar-refractivity contribution < 1.29 is 31.1 Å². The summed E-state index contributed by atoms with van der Waals surface area (Å²) >= 11 is 5.99. The molecule has 4 rings (SSSR count). The zero-order chi connectivity index (χ0) is 22.9. The summed E-state index contributed by atoms with van der Waals surface area (Å²) in [4.78, 5) is 8.01. The van der Waals surface area contributed by atoms with Crippen LogP contribution in [0.1, 0.15) is 6.42 Å². The Morgan fingerprint density at radius 3 is 2.38 bits per heavy atom. The monoisotopic (exact) mass is 487 g/mol. The van der Waals surface area contributed by atoms with E-state index in [0.717, 1.165) is 0 Å². The number of halogens is 4. The lowest BCUT2D eigenvalue weighted by atomic mass is 10.0. The molecule has 1 aliphatic rings. The first-order valence-electron chi connectivity index (χ1n) is 9.50. The highest BCUT2D eigenvalue weighted by atomic mass is 35.5. The molecule has 0 bridgehead atoms. The lowest BCUT2D eigenvalue weighted by Crippen LogP contribution is -2.41. The fourth-order valence-corrected chi connectivity index (χ4v) is 4.84. The average molecular weight is 488 g/mol. The Kier molecular flexibility index (Phi) is 6.15. The molecular formula is C20H17ClF3N3O4S. The van der Waals surface area contributed by atoms with Crippen LogP contribution < -0.4 is 9.46 Å². The number of sulfonamides is 1. The minimum atomic E-state index is -4.73. The summed E-state index contributed by atoms with van der Waals surface area (Å²) in [5.74, 6) is -2.03. The number of nitrogens with one attached hydrogen (secondary N) is 1. The van der Waals surface area contributed by atoms with Crippen LogP contribution in [0, 0.1) is 5.92 Å². The predicted molar refractivity (Wildman–Crippen MR) is 111 cm³/mol. The van der Waals surface area contributed by atoms with Gasteiger partial charge in [-0.3, -0.25) is 4.72 Å². The van der Waals surface area contributed by atoms with Crippen molar-refractivity contribution in [2.24, 2.45) is 5.92 Å². The standard InChI is InChI=1S/C20H17ClF3N3O4S/c21-13-5-1-4-8-16(13)32(28,29)27-18-19(26-15-7-3-2-6-14(15)25-18)31-17(20(22,23)24)12-9-10-30-11-12/h1-8,12,17H,9-11H2,(H,25,27). The van der Waals surface area contributed by atoms with E-state index in [-0.39, 0.29) is 40.6 Å². The molecule has 0 saturated carbocycles. The van der Waals surface area contributed by atoms with Crippen LogP contribution in [0.4, 0.5) is 19.0 Å². The summed E-state index contributed by atoms with van der Waals surface area (Å²) in [7, 11) is -4.30. The SMILES string of the molecule is O=S(=O)(Nc1nc2ccccc2nc1OC(C1CCOC1)C(F)(F)F)c1ccccc1Cl. The van der Waals surface area contributed by atoms with E-state index in [1.807, 2.05) is 0 Å². The molecule has 2 atom stereocenters. The summed E-state index contributed by atoms with van der Waals surface area (Å²) in [5, 5.41) is -0.0625. The molecule has 2 aromatic carbocycles. The molecule has 2 unspecified atom stereocenters. The highest BCUT2D eigenvalue weighted by molar-refractivity contribution is 7.92. The first-order chi connectivity index (χ1) is 15.1. The normalized spacial score (nSPS) is 17.9. The molecule has 0 aliphatic carbocycles. The lowest BCUT2D eigenvalue weighted by molar-refractivity contribution is -0.210. The Labute approximate surface area is 186 Å².